The topological polar surface area (TPSA) is 93.5 Å². The van der Waals surface area contributed by atoms with Crippen molar-refractivity contribution in [3.63, 3.8) is 0 Å². The molecule has 3 rings (SSSR count). The van der Waals surface area contributed by atoms with Crippen molar-refractivity contribution in [1.82, 2.24) is 14.9 Å². The van der Waals surface area contributed by atoms with Gasteiger partial charge in [-0.15, -0.1) is 0 Å². The van der Waals surface area contributed by atoms with E-state index in [0.717, 1.165) is 16.7 Å². The second-order valence-corrected chi connectivity index (χ2v) is 6.41. The van der Waals surface area contributed by atoms with Crippen molar-refractivity contribution in [2.45, 2.75) is 38.8 Å². The van der Waals surface area contributed by atoms with E-state index in [2.05, 4.69) is 10.3 Å². The molecule has 0 saturated carbocycles. The Balaban J connectivity index is 1.68. The second-order valence-electron chi connectivity index (χ2n) is 6.41. The first-order valence-electron chi connectivity index (χ1n) is 8.11. The van der Waals surface area contributed by atoms with Gasteiger partial charge in [-0.3, -0.25) is 4.79 Å². The number of aromatic nitrogens is 2. The van der Waals surface area contributed by atoms with Crippen LogP contribution in [0.1, 0.15) is 22.5 Å². The van der Waals surface area contributed by atoms with Crippen molar-refractivity contribution in [2.75, 3.05) is 0 Å². The zero-order valence-electron chi connectivity index (χ0n) is 14.4. The fraction of sp³-hybridized carbons (Fsp3) is 0.389. The van der Waals surface area contributed by atoms with Crippen LogP contribution in [0.25, 0.3) is 0 Å². The van der Waals surface area contributed by atoms with Crippen LogP contribution in [0.2, 0.25) is 0 Å². The maximum absolute atomic E-state index is 12.5. The Hall–Kier alpha value is -2.83. The van der Waals surface area contributed by atoms with E-state index < -0.39 is 24.0 Å². The van der Waals surface area contributed by atoms with Gasteiger partial charge >= 0.3 is 5.97 Å². The highest BCUT2D eigenvalue weighted by molar-refractivity contribution is 5.87. The summed E-state index contributed by atoms with van der Waals surface area (Å²) in [6.07, 6.45) is 3.17. The zero-order chi connectivity index (χ0) is 18.1. The molecule has 2 atom stereocenters. The van der Waals surface area contributed by atoms with Gasteiger partial charge in [-0.05, 0) is 36.6 Å². The number of carbonyl (C=O) groups is 2. The number of rotatable bonds is 5. The summed E-state index contributed by atoms with van der Waals surface area (Å²) in [5, 5.41) is 12.0. The van der Waals surface area contributed by atoms with Crippen molar-refractivity contribution in [3.05, 3.63) is 47.0 Å². The van der Waals surface area contributed by atoms with Crippen LogP contribution in [0.15, 0.2) is 24.5 Å². The summed E-state index contributed by atoms with van der Waals surface area (Å²) in [5.41, 5.74) is 3.21. The zero-order valence-corrected chi connectivity index (χ0v) is 14.4. The molecule has 1 amide bonds. The number of carboxylic acid groups (broad SMARTS) is 1. The van der Waals surface area contributed by atoms with Gasteiger partial charge in [0.25, 0.3) is 5.91 Å². The molecule has 0 radical (unpaired) electrons. The number of imidazole rings is 1. The monoisotopic (exact) mass is 343 g/mol. The van der Waals surface area contributed by atoms with E-state index in [0.29, 0.717) is 18.0 Å². The summed E-state index contributed by atoms with van der Waals surface area (Å²) in [5.74, 6) is -0.236. The minimum Gasteiger partial charge on any atom is -0.480 e. The number of ether oxygens (including phenoxy) is 1. The van der Waals surface area contributed by atoms with Crippen molar-refractivity contribution >= 4 is 11.9 Å². The van der Waals surface area contributed by atoms with E-state index in [1.807, 2.05) is 26.0 Å². The Morgan fingerprint density at radius 2 is 2.12 bits per heavy atom. The fourth-order valence-corrected chi connectivity index (χ4v) is 2.90. The molecular formula is C18H21N3O4. The summed E-state index contributed by atoms with van der Waals surface area (Å²) in [7, 11) is 1.78. The molecule has 2 N–H and O–H groups in total. The molecule has 2 aromatic rings. The van der Waals surface area contributed by atoms with Crippen molar-refractivity contribution < 1.29 is 19.4 Å². The highest BCUT2D eigenvalue weighted by Crippen LogP contribution is 2.31. The highest BCUT2D eigenvalue weighted by atomic mass is 16.5. The molecule has 0 aliphatic carbocycles. The molecule has 2 heterocycles. The highest BCUT2D eigenvalue weighted by Gasteiger charge is 2.32. The number of aryl methyl sites for hydroxylation is 3. The van der Waals surface area contributed by atoms with Gasteiger partial charge in [-0.25, -0.2) is 9.78 Å². The molecule has 7 heteroatoms. The molecule has 1 aromatic carbocycles. The smallest absolute Gasteiger partial charge is 0.326 e. The molecule has 2 unspecified atom stereocenters. The average Bonchev–Trinajstić information content (AvgIpc) is 3.13. The number of benzene rings is 1. The maximum Gasteiger partial charge on any atom is 0.326 e. The molecule has 0 saturated heterocycles. The minimum absolute atomic E-state index is 0.114. The quantitative estimate of drug-likeness (QED) is 0.849. The first-order valence-corrected chi connectivity index (χ1v) is 8.11. The van der Waals surface area contributed by atoms with Crippen LogP contribution in [0.5, 0.6) is 5.75 Å². The third-order valence-electron chi connectivity index (χ3n) is 4.57. The van der Waals surface area contributed by atoms with Crippen molar-refractivity contribution in [2.24, 2.45) is 7.05 Å². The lowest BCUT2D eigenvalue weighted by molar-refractivity contribution is -0.142. The van der Waals surface area contributed by atoms with Gasteiger partial charge in [0.2, 0.25) is 0 Å². The van der Waals surface area contributed by atoms with E-state index in [4.69, 9.17) is 4.74 Å². The largest absolute Gasteiger partial charge is 0.480 e. The molecule has 25 heavy (non-hydrogen) atoms. The van der Waals surface area contributed by atoms with E-state index in [1.54, 1.807) is 24.0 Å². The van der Waals surface area contributed by atoms with Crippen molar-refractivity contribution in [3.8, 4) is 5.75 Å². The van der Waals surface area contributed by atoms with Crippen LogP contribution in [0.3, 0.4) is 0 Å². The lowest BCUT2D eigenvalue weighted by Crippen LogP contribution is -2.48. The van der Waals surface area contributed by atoms with Crippen LogP contribution >= 0.6 is 0 Å². The molecule has 1 aliphatic heterocycles. The predicted molar refractivity (Wildman–Crippen MR) is 90.5 cm³/mol. The number of amides is 1. The Kier molecular flexibility index (Phi) is 4.48. The molecular weight excluding hydrogens is 322 g/mol. The number of aliphatic carboxylic acids is 1. The number of nitrogens with one attached hydrogen (secondary N) is 1. The molecule has 1 aromatic heterocycles. The van der Waals surface area contributed by atoms with Gasteiger partial charge in [0.05, 0.1) is 0 Å². The predicted octanol–water partition coefficient (Wildman–Crippen LogP) is 1.15. The number of hydrogen-bond donors (Lipinski definition) is 2. The normalized spacial score (nSPS) is 16.8. The average molecular weight is 343 g/mol. The Morgan fingerprint density at radius 3 is 2.76 bits per heavy atom. The standard InChI is InChI=1S/C18H21N3O4/c1-10-6-12-8-15(25-14(12)7-11(10)2)17(22)20-13(18(23)24)9-16-19-4-5-21(16)3/h4-7,13,15H,8-9H2,1-3H3,(H,20,22)(H,23,24). The summed E-state index contributed by atoms with van der Waals surface area (Å²) in [4.78, 5) is 28.1. The maximum atomic E-state index is 12.5. The molecule has 0 fully saturated rings. The Labute approximate surface area is 145 Å². The van der Waals surface area contributed by atoms with E-state index in [9.17, 15) is 14.7 Å². The van der Waals surface area contributed by atoms with E-state index in [-0.39, 0.29) is 6.42 Å². The number of hydrogen-bond acceptors (Lipinski definition) is 4. The third kappa shape index (κ3) is 3.50. The lowest BCUT2D eigenvalue weighted by Gasteiger charge is -2.17. The van der Waals surface area contributed by atoms with Crippen LogP contribution in [0.4, 0.5) is 0 Å². The van der Waals surface area contributed by atoms with Gasteiger partial charge in [-0.1, -0.05) is 6.07 Å². The summed E-state index contributed by atoms with van der Waals surface area (Å²) >= 11 is 0. The minimum atomic E-state index is -1.10. The van der Waals surface area contributed by atoms with Gasteiger partial charge in [-0.2, -0.15) is 0 Å². The molecule has 0 bridgehead atoms. The molecule has 1 aliphatic rings. The summed E-state index contributed by atoms with van der Waals surface area (Å²) in [6, 6.07) is 2.88. The molecule has 7 nitrogen and oxygen atoms in total. The van der Waals surface area contributed by atoms with Crippen LogP contribution in [0, 0.1) is 13.8 Å². The summed E-state index contributed by atoms with van der Waals surface area (Å²) in [6.45, 7) is 4.00. The van der Waals surface area contributed by atoms with Gasteiger partial charge in [0.15, 0.2) is 6.10 Å². The van der Waals surface area contributed by atoms with E-state index >= 15 is 0 Å². The summed E-state index contributed by atoms with van der Waals surface area (Å²) < 4.78 is 7.45. The fourth-order valence-electron chi connectivity index (χ4n) is 2.90. The van der Waals surface area contributed by atoms with Gasteiger partial charge < -0.3 is 19.7 Å². The molecule has 132 valence electrons. The SMILES string of the molecule is Cc1cc2c(cc1C)OC(C(=O)NC(Cc1nccn1C)C(=O)O)C2. The number of fused-ring (bicyclic) bond motifs is 1. The lowest BCUT2D eigenvalue weighted by atomic mass is 10.0. The first-order chi connectivity index (χ1) is 11.8. The third-order valence-corrected chi connectivity index (χ3v) is 4.57. The second kappa shape index (κ2) is 6.58. The van der Waals surface area contributed by atoms with Crippen molar-refractivity contribution in [1.29, 1.82) is 0 Å². The van der Waals surface area contributed by atoms with Crippen LogP contribution < -0.4 is 10.1 Å². The van der Waals surface area contributed by atoms with Gasteiger partial charge in [0, 0.05) is 32.3 Å². The first kappa shape index (κ1) is 17.0. The van der Waals surface area contributed by atoms with E-state index in [1.165, 1.54) is 0 Å². The van der Waals surface area contributed by atoms with Gasteiger partial charge in [0.1, 0.15) is 17.6 Å². The molecule has 0 spiro atoms. The van der Waals surface area contributed by atoms with Crippen LogP contribution in [-0.4, -0.2) is 38.7 Å². The Morgan fingerprint density at radius 1 is 1.40 bits per heavy atom. The number of carboxylic acids is 1. The number of carbonyl (C=O) groups excluding carboxylic acids is 1. The number of nitrogens with zero attached hydrogens (tertiary/aromatic N) is 2. The van der Waals surface area contributed by atoms with Crippen LogP contribution in [-0.2, 0) is 29.5 Å². The Bertz CT molecular complexity index is 797.